The number of halogens is 1. The predicted molar refractivity (Wildman–Crippen MR) is 86.0 cm³/mol. The Morgan fingerprint density at radius 2 is 1.82 bits per heavy atom. The molecule has 0 fully saturated rings. The van der Waals surface area contributed by atoms with Gasteiger partial charge in [0.05, 0.1) is 14.2 Å². The maximum atomic E-state index is 12.3. The van der Waals surface area contributed by atoms with Crippen molar-refractivity contribution < 1.29 is 19.4 Å². The van der Waals surface area contributed by atoms with Gasteiger partial charge in [-0.3, -0.25) is 4.79 Å². The first-order valence-corrected chi connectivity index (χ1v) is 6.86. The van der Waals surface area contributed by atoms with Crippen LogP contribution < -0.4 is 9.47 Å². The Labute approximate surface area is 133 Å². The first-order chi connectivity index (χ1) is 10.5. The first-order valence-electron chi connectivity index (χ1n) is 6.48. The minimum absolute atomic E-state index is 0.0912. The van der Waals surface area contributed by atoms with Crippen LogP contribution in [0.15, 0.2) is 42.5 Å². The maximum absolute atomic E-state index is 12.3. The Balaban J connectivity index is 2.31. The van der Waals surface area contributed by atoms with Gasteiger partial charge in [0.25, 0.3) is 0 Å². The van der Waals surface area contributed by atoms with E-state index in [4.69, 9.17) is 21.1 Å². The molecule has 114 valence electrons. The fourth-order valence-corrected chi connectivity index (χ4v) is 2.06. The smallest absolute Gasteiger partial charge is 0.193 e. The molecule has 0 spiro atoms. The molecule has 0 aliphatic heterocycles. The summed E-state index contributed by atoms with van der Waals surface area (Å²) < 4.78 is 10.2. The van der Waals surface area contributed by atoms with Gasteiger partial charge in [0.1, 0.15) is 22.8 Å². The Kier molecular flexibility index (Phi) is 5.07. The number of methoxy groups -OCH3 is 2. The Morgan fingerprint density at radius 1 is 1.14 bits per heavy atom. The number of benzene rings is 2. The number of carbonyl (C=O) groups is 1. The highest BCUT2D eigenvalue weighted by Crippen LogP contribution is 2.33. The fraction of sp³-hybridized carbons (Fsp3) is 0.118. The zero-order valence-electron chi connectivity index (χ0n) is 12.2. The van der Waals surface area contributed by atoms with Gasteiger partial charge < -0.3 is 14.6 Å². The predicted octanol–water partition coefficient (Wildman–Crippen LogP) is 3.96. The van der Waals surface area contributed by atoms with E-state index in [0.29, 0.717) is 10.8 Å². The van der Waals surface area contributed by atoms with Crippen molar-refractivity contribution in [1.82, 2.24) is 0 Å². The molecule has 22 heavy (non-hydrogen) atoms. The third-order valence-corrected chi connectivity index (χ3v) is 3.31. The molecular weight excluding hydrogens is 304 g/mol. The van der Waals surface area contributed by atoms with Gasteiger partial charge in [0, 0.05) is 17.2 Å². The molecule has 1 N–H and O–H groups in total. The lowest BCUT2D eigenvalue weighted by molar-refractivity contribution is 0.104. The molecule has 0 radical (unpaired) electrons. The molecule has 0 aromatic heterocycles. The number of carbonyl (C=O) groups excluding carboxylic acids is 1. The molecule has 0 aliphatic carbocycles. The average molecular weight is 319 g/mol. The maximum Gasteiger partial charge on any atom is 0.193 e. The van der Waals surface area contributed by atoms with Gasteiger partial charge in [0.15, 0.2) is 5.78 Å². The molecular formula is C17H15ClO4. The van der Waals surface area contributed by atoms with Crippen molar-refractivity contribution in [3.8, 4) is 17.2 Å². The van der Waals surface area contributed by atoms with Crippen LogP contribution in [0.5, 0.6) is 17.2 Å². The number of allylic oxidation sites excluding steroid dienone is 1. The largest absolute Gasteiger partial charge is 0.507 e. The van der Waals surface area contributed by atoms with Crippen LogP contribution in [0.25, 0.3) is 6.08 Å². The third-order valence-electron chi connectivity index (χ3n) is 3.05. The summed E-state index contributed by atoms with van der Waals surface area (Å²) in [5.74, 6) is 0.101. The van der Waals surface area contributed by atoms with Crippen molar-refractivity contribution in [3.63, 3.8) is 0 Å². The molecule has 2 rings (SSSR count). The van der Waals surface area contributed by atoms with Crippen molar-refractivity contribution in [1.29, 1.82) is 0 Å². The number of hydrogen-bond acceptors (Lipinski definition) is 4. The van der Waals surface area contributed by atoms with Gasteiger partial charge in [0.2, 0.25) is 0 Å². The molecule has 5 heteroatoms. The summed E-state index contributed by atoms with van der Waals surface area (Å²) >= 11 is 5.81. The van der Waals surface area contributed by atoms with Crippen molar-refractivity contribution in [3.05, 3.63) is 58.6 Å². The van der Waals surface area contributed by atoms with Crippen LogP contribution in [0.3, 0.4) is 0 Å². The second-order valence-electron chi connectivity index (χ2n) is 4.47. The number of phenols is 1. The summed E-state index contributed by atoms with van der Waals surface area (Å²) in [6.07, 6.45) is 3.01. The van der Waals surface area contributed by atoms with E-state index < -0.39 is 0 Å². The van der Waals surface area contributed by atoms with Gasteiger partial charge in [-0.1, -0.05) is 29.8 Å². The molecule has 0 saturated carbocycles. The van der Waals surface area contributed by atoms with E-state index in [-0.39, 0.29) is 22.8 Å². The summed E-state index contributed by atoms with van der Waals surface area (Å²) in [6, 6.07) is 9.96. The number of aromatic hydroxyl groups is 1. The quantitative estimate of drug-likeness (QED) is 0.669. The van der Waals surface area contributed by atoms with E-state index in [0.717, 1.165) is 5.56 Å². The van der Waals surface area contributed by atoms with Gasteiger partial charge in [-0.05, 0) is 23.8 Å². The summed E-state index contributed by atoms with van der Waals surface area (Å²) in [5, 5.41) is 10.6. The second kappa shape index (κ2) is 7.00. The van der Waals surface area contributed by atoms with Crippen LogP contribution >= 0.6 is 11.6 Å². The van der Waals surface area contributed by atoms with E-state index in [9.17, 15) is 9.90 Å². The van der Waals surface area contributed by atoms with Gasteiger partial charge in [-0.15, -0.1) is 0 Å². The van der Waals surface area contributed by atoms with Crippen molar-refractivity contribution in [2.75, 3.05) is 14.2 Å². The van der Waals surface area contributed by atoms with E-state index in [2.05, 4.69) is 0 Å². The molecule has 0 unspecified atom stereocenters. The number of rotatable bonds is 5. The molecule has 0 aliphatic rings. The summed E-state index contributed by atoms with van der Waals surface area (Å²) in [7, 11) is 2.89. The molecule has 0 bridgehead atoms. The monoisotopic (exact) mass is 318 g/mol. The number of phenolic OH excluding ortho intramolecular Hbond substituents is 1. The Hall–Kier alpha value is -2.46. The van der Waals surface area contributed by atoms with E-state index >= 15 is 0 Å². The van der Waals surface area contributed by atoms with Gasteiger partial charge >= 0.3 is 0 Å². The number of hydrogen-bond donors (Lipinski definition) is 1. The topological polar surface area (TPSA) is 55.8 Å². The molecule has 0 heterocycles. The normalized spacial score (nSPS) is 10.7. The lowest BCUT2D eigenvalue weighted by Gasteiger charge is -2.10. The van der Waals surface area contributed by atoms with Crippen LogP contribution in [0.4, 0.5) is 0 Å². The molecule has 0 atom stereocenters. The zero-order valence-corrected chi connectivity index (χ0v) is 12.9. The Bertz CT molecular complexity index is 705. The second-order valence-corrected chi connectivity index (χ2v) is 4.91. The third kappa shape index (κ3) is 3.59. The molecule has 0 amide bonds. The molecule has 2 aromatic carbocycles. The highest BCUT2D eigenvalue weighted by molar-refractivity contribution is 6.30. The minimum atomic E-state index is -0.369. The van der Waals surface area contributed by atoms with Crippen LogP contribution in [-0.4, -0.2) is 25.1 Å². The summed E-state index contributed by atoms with van der Waals surface area (Å²) in [6.45, 7) is 0. The van der Waals surface area contributed by atoms with E-state index in [1.54, 1.807) is 36.4 Å². The fourth-order valence-electron chi connectivity index (χ4n) is 1.93. The molecule has 2 aromatic rings. The van der Waals surface area contributed by atoms with E-state index in [1.165, 1.54) is 26.4 Å². The van der Waals surface area contributed by atoms with Crippen molar-refractivity contribution in [2.24, 2.45) is 0 Å². The summed E-state index contributed by atoms with van der Waals surface area (Å²) in [5.41, 5.74) is 0.915. The van der Waals surface area contributed by atoms with E-state index in [1.807, 2.05) is 0 Å². The Morgan fingerprint density at radius 3 is 2.41 bits per heavy atom. The van der Waals surface area contributed by atoms with Gasteiger partial charge in [-0.2, -0.15) is 0 Å². The zero-order chi connectivity index (χ0) is 16.1. The van der Waals surface area contributed by atoms with Gasteiger partial charge in [-0.25, -0.2) is 0 Å². The minimum Gasteiger partial charge on any atom is -0.507 e. The summed E-state index contributed by atoms with van der Waals surface area (Å²) in [4.78, 5) is 12.3. The lowest BCUT2D eigenvalue weighted by atomic mass is 10.1. The first kappa shape index (κ1) is 15.9. The highest BCUT2D eigenvalue weighted by Gasteiger charge is 2.17. The number of ether oxygens (including phenoxy) is 2. The molecule has 4 nitrogen and oxygen atoms in total. The van der Waals surface area contributed by atoms with Crippen LogP contribution in [0.2, 0.25) is 5.02 Å². The SMILES string of the molecule is COc1cc(O)c(C(=O)/C=C/c2ccc(Cl)cc2)c(OC)c1. The lowest BCUT2D eigenvalue weighted by Crippen LogP contribution is -2.00. The van der Waals surface area contributed by atoms with Crippen molar-refractivity contribution >= 4 is 23.5 Å². The van der Waals surface area contributed by atoms with Crippen molar-refractivity contribution in [2.45, 2.75) is 0 Å². The van der Waals surface area contributed by atoms with Crippen LogP contribution in [-0.2, 0) is 0 Å². The standard InChI is InChI=1S/C17H15ClO4/c1-21-13-9-15(20)17(16(10-13)22-2)14(19)8-5-11-3-6-12(18)7-4-11/h3-10,20H,1-2H3/b8-5+. The highest BCUT2D eigenvalue weighted by atomic mass is 35.5. The van der Waals surface area contributed by atoms with Crippen LogP contribution in [0.1, 0.15) is 15.9 Å². The number of ketones is 1. The average Bonchev–Trinajstić information content (AvgIpc) is 2.53. The molecule has 0 saturated heterocycles. The van der Waals surface area contributed by atoms with Crippen LogP contribution in [0, 0.1) is 0 Å².